The normalized spacial score (nSPS) is 18.4. The lowest BCUT2D eigenvalue weighted by molar-refractivity contribution is -0.127. The summed E-state index contributed by atoms with van der Waals surface area (Å²) in [5, 5.41) is 5.43. The number of hydrogen-bond acceptors (Lipinski definition) is 3. The van der Waals surface area contributed by atoms with Crippen molar-refractivity contribution in [1.29, 1.82) is 0 Å². The van der Waals surface area contributed by atoms with Gasteiger partial charge in [-0.2, -0.15) is 0 Å². The van der Waals surface area contributed by atoms with Crippen LogP contribution < -0.4 is 22.1 Å². The number of hydrogen-bond donors (Lipinski definition) is 4. The minimum Gasteiger partial charge on any atom is -0.351 e. The van der Waals surface area contributed by atoms with Crippen LogP contribution in [-0.4, -0.2) is 17.5 Å². The summed E-state index contributed by atoms with van der Waals surface area (Å²) < 4.78 is 0. The van der Waals surface area contributed by atoms with Crippen molar-refractivity contribution in [3.63, 3.8) is 0 Å². The van der Waals surface area contributed by atoms with Crippen molar-refractivity contribution in [1.82, 2.24) is 5.32 Å². The first kappa shape index (κ1) is 15.3. The summed E-state index contributed by atoms with van der Waals surface area (Å²) in [6.45, 7) is 3.68. The molecule has 3 amide bonds. The number of carbonyl (C=O) groups excluding carboxylic acids is 2. The topological polar surface area (TPSA) is 110 Å². The summed E-state index contributed by atoms with van der Waals surface area (Å²) in [7, 11) is 0. The molecule has 6 heteroatoms. The number of benzene rings is 1. The van der Waals surface area contributed by atoms with Crippen molar-refractivity contribution in [3.05, 3.63) is 29.8 Å². The fourth-order valence-electron chi connectivity index (χ4n) is 2.30. The van der Waals surface area contributed by atoms with E-state index in [2.05, 4.69) is 10.6 Å². The van der Waals surface area contributed by atoms with Gasteiger partial charge >= 0.3 is 6.03 Å². The van der Waals surface area contributed by atoms with Gasteiger partial charge in [0.05, 0.1) is 11.6 Å². The Morgan fingerprint density at radius 3 is 2.33 bits per heavy atom. The van der Waals surface area contributed by atoms with Crippen molar-refractivity contribution in [2.24, 2.45) is 17.4 Å². The van der Waals surface area contributed by atoms with E-state index in [1.54, 1.807) is 19.1 Å². The fraction of sp³-hybridized carbons (Fsp3) is 0.467. The molecule has 2 unspecified atom stereocenters. The molecular formula is C15H22N4O2. The Kier molecular flexibility index (Phi) is 4.18. The van der Waals surface area contributed by atoms with E-state index in [1.807, 2.05) is 19.1 Å². The summed E-state index contributed by atoms with van der Waals surface area (Å²) in [5.41, 5.74) is 11.9. The van der Waals surface area contributed by atoms with E-state index < -0.39 is 11.6 Å². The first-order valence-electron chi connectivity index (χ1n) is 7.07. The van der Waals surface area contributed by atoms with Crippen LogP contribution in [0.15, 0.2) is 24.3 Å². The lowest BCUT2D eigenvalue weighted by atomic mass is 9.95. The van der Waals surface area contributed by atoms with Crippen molar-refractivity contribution in [2.45, 2.75) is 38.3 Å². The second-order valence-electron chi connectivity index (χ2n) is 5.86. The molecule has 21 heavy (non-hydrogen) atoms. The minimum absolute atomic E-state index is 0.128. The summed E-state index contributed by atoms with van der Waals surface area (Å²) in [6.07, 6.45) is 2.03. The van der Waals surface area contributed by atoms with Crippen LogP contribution in [0, 0.1) is 5.92 Å². The summed E-state index contributed by atoms with van der Waals surface area (Å²) >= 11 is 0. The zero-order valence-corrected chi connectivity index (χ0v) is 12.3. The highest BCUT2D eigenvalue weighted by Crippen LogP contribution is 2.38. The lowest BCUT2D eigenvalue weighted by Crippen LogP contribution is -2.53. The van der Waals surface area contributed by atoms with E-state index in [0.29, 0.717) is 5.69 Å². The Balaban J connectivity index is 1.98. The molecule has 1 aromatic carbocycles. The third-order valence-corrected chi connectivity index (χ3v) is 3.94. The number of primary amides is 1. The van der Waals surface area contributed by atoms with Gasteiger partial charge in [0.25, 0.3) is 0 Å². The molecule has 2 atom stereocenters. The highest BCUT2D eigenvalue weighted by molar-refractivity contribution is 5.88. The Labute approximate surface area is 124 Å². The first-order chi connectivity index (χ1) is 9.80. The Morgan fingerprint density at radius 1 is 1.29 bits per heavy atom. The van der Waals surface area contributed by atoms with E-state index in [9.17, 15) is 9.59 Å². The molecule has 6 nitrogen and oxygen atoms in total. The van der Waals surface area contributed by atoms with Gasteiger partial charge in [-0.1, -0.05) is 12.1 Å². The van der Waals surface area contributed by atoms with Crippen LogP contribution in [0.3, 0.4) is 0 Å². The maximum atomic E-state index is 12.2. The van der Waals surface area contributed by atoms with E-state index in [1.165, 1.54) is 0 Å². The first-order valence-corrected chi connectivity index (χ1v) is 7.07. The molecule has 1 aromatic rings. The monoisotopic (exact) mass is 290 g/mol. The molecule has 0 radical (unpaired) electrons. The highest BCUT2D eigenvalue weighted by Gasteiger charge is 2.44. The van der Waals surface area contributed by atoms with Crippen molar-refractivity contribution in [3.8, 4) is 0 Å². The van der Waals surface area contributed by atoms with Crippen molar-refractivity contribution in [2.75, 3.05) is 5.32 Å². The molecule has 0 heterocycles. The van der Waals surface area contributed by atoms with Crippen LogP contribution in [0.5, 0.6) is 0 Å². The largest absolute Gasteiger partial charge is 0.351 e. The van der Waals surface area contributed by atoms with E-state index in [4.69, 9.17) is 11.5 Å². The maximum absolute atomic E-state index is 12.2. The van der Waals surface area contributed by atoms with Gasteiger partial charge in [-0.15, -0.1) is 0 Å². The van der Waals surface area contributed by atoms with E-state index in [0.717, 1.165) is 18.4 Å². The molecule has 1 aliphatic rings. The molecule has 0 aromatic heterocycles. The average Bonchev–Trinajstić information content (AvgIpc) is 3.23. The molecule has 1 fully saturated rings. The SMILES string of the molecule is CC(NC(=O)C(C)(N)C1CC1)c1ccc(NC(N)=O)cc1. The van der Waals surface area contributed by atoms with Crippen LogP contribution in [0.1, 0.15) is 38.3 Å². The number of nitrogens with one attached hydrogen (secondary N) is 2. The second-order valence-corrected chi connectivity index (χ2v) is 5.86. The van der Waals surface area contributed by atoms with Crippen LogP contribution in [-0.2, 0) is 4.79 Å². The number of carbonyl (C=O) groups is 2. The predicted molar refractivity (Wildman–Crippen MR) is 81.5 cm³/mol. The minimum atomic E-state index is -0.804. The molecule has 0 bridgehead atoms. The summed E-state index contributed by atoms with van der Waals surface area (Å²) in [4.78, 5) is 23.0. The van der Waals surface area contributed by atoms with Gasteiger partial charge in [-0.3, -0.25) is 4.79 Å². The van der Waals surface area contributed by atoms with E-state index in [-0.39, 0.29) is 17.9 Å². The molecule has 0 aliphatic heterocycles. The number of urea groups is 1. The standard InChI is InChI=1S/C15H22N4O2/c1-9(18-13(20)15(2,17)11-5-6-11)10-3-7-12(8-4-10)19-14(16)21/h3-4,7-9,11H,5-6,17H2,1-2H3,(H,18,20)(H3,16,19,21). The molecule has 6 N–H and O–H groups in total. The van der Waals surface area contributed by atoms with Gasteiger partial charge in [0, 0.05) is 5.69 Å². The van der Waals surface area contributed by atoms with Crippen LogP contribution in [0.2, 0.25) is 0 Å². The predicted octanol–water partition coefficient (Wildman–Crippen LogP) is 1.48. The average molecular weight is 290 g/mol. The molecule has 2 rings (SSSR count). The van der Waals surface area contributed by atoms with Gasteiger partial charge in [-0.05, 0) is 50.3 Å². The van der Waals surface area contributed by atoms with Crippen LogP contribution in [0.4, 0.5) is 10.5 Å². The van der Waals surface area contributed by atoms with Gasteiger partial charge in [0.2, 0.25) is 5.91 Å². The summed E-state index contributed by atoms with van der Waals surface area (Å²) in [6, 6.07) is 6.40. The van der Waals surface area contributed by atoms with Gasteiger partial charge in [0.15, 0.2) is 0 Å². The maximum Gasteiger partial charge on any atom is 0.316 e. The van der Waals surface area contributed by atoms with E-state index >= 15 is 0 Å². The zero-order valence-electron chi connectivity index (χ0n) is 12.3. The Hall–Kier alpha value is -2.08. The second kappa shape index (κ2) is 5.73. The number of nitrogens with two attached hydrogens (primary N) is 2. The molecule has 114 valence electrons. The number of amides is 3. The molecule has 1 aliphatic carbocycles. The van der Waals surface area contributed by atoms with Crippen LogP contribution in [0.25, 0.3) is 0 Å². The Morgan fingerprint density at radius 2 is 1.86 bits per heavy atom. The third kappa shape index (κ3) is 3.72. The number of rotatable bonds is 5. The number of anilines is 1. The zero-order chi connectivity index (χ0) is 15.6. The fourth-order valence-corrected chi connectivity index (χ4v) is 2.30. The summed E-state index contributed by atoms with van der Waals surface area (Å²) in [5.74, 6) is 0.156. The van der Waals surface area contributed by atoms with Gasteiger partial charge in [-0.25, -0.2) is 4.79 Å². The third-order valence-electron chi connectivity index (χ3n) is 3.94. The smallest absolute Gasteiger partial charge is 0.316 e. The molecule has 0 spiro atoms. The van der Waals surface area contributed by atoms with Crippen LogP contribution >= 0.6 is 0 Å². The molecule has 1 saturated carbocycles. The van der Waals surface area contributed by atoms with Crippen molar-refractivity contribution >= 4 is 17.6 Å². The van der Waals surface area contributed by atoms with Gasteiger partial charge in [0.1, 0.15) is 0 Å². The molecule has 0 saturated heterocycles. The lowest BCUT2D eigenvalue weighted by Gasteiger charge is -2.26. The highest BCUT2D eigenvalue weighted by atomic mass is 16.2. The van der Waals surface area contributed by atoms with Gasteiger partial charge < -0.3 is 22.1 Å². The quantitative estimate of drug-likeness (QED) is 0.659. The Bertz CT molecular complexity index is 535. The van der Waals surface area contributed by atoms with Crippen molar-refractivity contribution < 1.29 is 9.59 Å². The molecular weight excluding hydrogens is 268 g/mol.